The van der Waals surface area contributed by atoms with E-state index in [0.717, 1.165) is 0 Å². The molecule has 0 aromatic carbocycles. The molecule has 1 aliphatic heterocycles. The van der Waals surface area contributed by atoms with Gasteiger partial charge in [0.25, 0.3) is 5.91 Å². The van der Waals surface area contributed by atoms with Gasteiger partial charge in [0.1, 0.15) is 6.10 Å². The molecule has 1 unspecified atom stereocenters. The van der Waals surface area contributed by atoms with E-state index < -0.39 is 12.1 Å². The van der Waals surface area contributed by atoms with E-state index in [9.17, 15) is 9.59 Å². The van der Waals surface area contributed by atoms with Gasteiger partial charge in [0, 0.05) is 18.9 Å². The molecule has 0 bridgehead atoms. The second kappa shape index (κ2) is 6.71. The van der Waals surface area contributed by atoms with Crippen LogP contribution in [0.25, 0.3) is 0 Å². The number of amides is 1. The molecule has 2 aromatic rings. The number of pyridine rings is 1. The Morgan fingerprint density at radius 2 is 2.12 bits per heavy atom. The number of aryl methyl sites for hydroxylation is 1. The van der Waals surface area contributed by atoms with Crippen molar-refractivity contribution in [1.29, 1.82) is 0 Å². The van der Waals surface area contributed by atoms with Gasteiger partial charge in [-0.2, -0.15) is 4.80 Å². The first kappa shape index (κ1) is 16.0. The van der Waals surface area contributed by atoms with Crippen molar-refractivity contribution in [2.24, 2.45) is 7.05 Å². The summed E-state index contributed by atoms with van der Waals surface area (Å²) in [7, 11) is 2.93. The molecule has 1 saturated heterocycles. The van der Waals surface area contributed by atoms with Crippen molar-refractivity contribution in [2.45, 2.75) is 6.10 Å². The summed E-state index contributed by atoms with van der Waals surface area (Å²) in [6.07, 6.45) is 2.33. The molecule has 10 heteroatoms. The lowest BCUT2D eigenvalue weighted by atomic mass is 10.1. The molecule has 0 saturated carbocycles. The maximum absolute atomic E-state index is 12.7. The predicted octanol–water partition coefficient (Wildman–Crippen LogP) is -0.395. The Hall–Kier alpha value is -2.88. The number of nitrogens with zero attached hydrogens (tertiary/aromatic N) is 6. The zero-order chi connectivity index (χ0) is 17.1. The van der Waals surface area contributed by atoms with Crippen molar-refractivity contribution < 1.29 is 19.1 Å². The number of morpholine rings is 1. The smallest absolute Gasteiger partial charge is 0.339 e. The van der Waals surface area contributed by atoms with Gasteiger partial charge in [-0.25, -0.2) is 4.79 Å². The maximum Gasteiger partial charge on any atom is 0.339 e. The van der Waals surface area contributed by atoms with Gasteiger partial charge in [0.05, 0.1) is 38.4 Å². The number of methoxy groups -OCH3 is 1. The average molecular weight is 332 g/mol. The molecule has 0 N–H and O–H groups in total. The number of rotatable bonds is 3. The minimum Gasteiger partial charge on any atom is -0.465 e. The zero-order valence-corrected chi connectivity index (χ0v) is 13.2. The summed E-state index contributed by atoms with van der Waals surface area (Å²) >= 11 is 0. The second-order valence-electron chi connectivity index (χ2n) is 5.20. The van der Waals surface area contributed by atoms with E-state index in [2.05, 4.69) is 25.1 Å². The largest absolute Gasteiger partial charge is 0.465 e. The fourth-order valence-corrected chi connectivity index (χ4v) is 2.39. The Labute approximate surface area is 137 Å². The molecular weight excluding hydrogens is 316 g/mol. The third kappa shape index (κ3) is 3.23. The molecule has 3 heterocycles. The van der Waals surface area contributed by atoms with E-state index >= 15 is 0 Å². The first-order chi connectivity index (χ1) is 11.6. The Morgan fingerprint density at radius 3 is 2.83 bits per heavy atom. The second-order valence-corrected chi connectivity index (χ2v) is 5.20. The van der Waals surface area contributed by atoms with E-state index in [1.807, 2.05) is 0 Å². The maximum atomic E-state index is 12.7. The van der Waals surface area contributed by atoms with Crippen LogP contribution in [0.4, 0.5) is 0 Å². The highest BCUT2D eigenvalue weighted by atomic mass is 16.5. The fourth-order valence-electron chi connectivity index (χ4n) is 2.39. The molecule has 1 aliphatic rings. The third-order valence-electron chi connectivity index (χ3n) is 3.57. The van der Waals surface area contributed by atoms with Crippen molar-refractivity contribution >= 4 is 11.9 Å². The van der Waals surface area contributed by atoms with E-state index in [4.69, 9.17) is 4.74 Å². The molecule has 3 rings (SSSR count). The molecular formula is C14H16N6O4. The van der Waals surface area contributed by atoms with Crippen LogP contribution in [0.3, 0.4) is 0 Å². The van der Waals surface area contributed by atoms with Gasteiger partial charge in [-0.3, -0.25) is 9.78 Å². The van der Waals surface area contributed by atoms with Crippen molar-refractivity contribution in [2.75, 3.05) is 26.8 Å². The molecule has 1 fully saturated rings. The Morgan fingerprint density at radius 1 is 1.33 bits per heavy atom. The summed E-state index contributed by atoms with van der Waals surface area (Å²) in [6.45, 7) is 1.09. The Balaban J connectivity index is 1.76. The van der Waals surface area contributed by atoms with Gasteiger partial charge in [-0.15, -0.1) is 10.2 Å². The van der Waals surface area contributed by atoms with Crippen LogP contribution in [0.1, 0.15) is 32.6 Å². The third-order valence-corrected chi connectivity index (χ3v) is 3.57. The molecule has 0 aliphatic carbocycles. The quantitative estimate of drug-likeness (QED) is 0.698. The lowest BCUT2D eigenvalue weighted by Crippen LogP contribution is -2.42. The molecule has 1 amide bonds. The summed E-state index contributed by atoms with van der Waals surface area (Å²) < 4.78 is 10.3. The van der Waals surface area contributed by atoms with E-state index in [1.54, 1.807) is 11.9 Å². The summed E-state index contributed by atoms with van der Waals surface area (Å²) in [6, 6.07) is 1.46. The van der Waals surface area contributed by atoms with E-state index in [-0.39, 0.29) is 11.5 Å². The summed E-state index contributed by atoms with van der Waals surface area (Å²) in [4.78, 5) is 31.1. The minimum absolute atomic E-state index is 0.226. The van der Waals surface area contributed by atoms with Crippen molar-refractivity contribution in [3.05, 3.63) is 35.4 Å². The van der Waals surface area contributed by atoms with Crippen LogP contribution in [-0.4, -0.2) is 68.8 Å². The van der Waals surface area contributed by atoms with Crippen LogP contribution >= 0.6 is 0 Å². The van der Waals surface area contributed by atoms with Gasteiger partial charge >= 0.3 is 5.97 Å². The van der Waals surface area contributed by atoms with Crippen LogP contribution in [-0.2, 0) is 16.5 Å². The monoisotopic (exact) mass is 332 g/mol. The molecule has 10 nitrogen and oxygen atoms in total. The molecule has 1 atom stereocenters. The van der Waals surface area contributed by atoms with E-state index in [1.165, 1.54) is 30.4 Å². The zero-order valence-electron chi connectivity index (χ0n) is 13.2. The molecule has 0 spiro atoms. The number of esters is 1. The van der Waals surface area contributed by atoms with Gasteiger partial charge in [-0.05, 0) is 11.3 Å². The number of hydrogen-bond acceptors (Lipinski definition) is 8. The van der Waals surface area contributed by atoms with Gasteiger partial charge in [0.15, 0.2) is 0 Å². The van der Waals surface area contributed by atoms with Crippen LogP contribution < -0.4 is 0 Å². The molecule has 0 radical (unpaired) electrons. The molecule has 2 aromatic heterocycles. The highest BCUT2D eigenvalue weighted by Crippen LogP contribution is 2.20. The van der Waals surface area contributed by atoms with Crippen LogP contribution in [0.2, 0.25) is 0 Å². The fraction of sp³-hybridized carbons (Fsp3) is 0.429. The highest BCUT2D eigenvalue weighted by Gasteiger charge is 2.29. The lowest BCUT2D eigenvalue weighted by molar-refractivity contribution is -0.0269. The van der Waals surface area contributed by atoms with Gasteiger partial charge < -0.3 is 14.4 Å². The summed E-state index contributed by atoms with van der Waals surface area (Å²) in [5, 5.41) is 11.8. The number of carbonyl (C=O) groups is 2. The standard InChI is InChI=1S/C14H16N6O4/c1-19-17-12(16-18-19)11-8-20(3-4-24-11)13(21)9-5-10(7-15-6-9)14(22)23-2/h5-7,11H,3-4,8H2,1-2H3. The molecule has 24 heavy (non-hydrogen) atoms. The van der Waals surface area contributed by atoms with Crippen LogP contribution in [0, 0.1) is 0 Å². The summed E-state index contributed by atoms with van der Waals surface area (Å²) in [5.74, 6) is -0.359. The molecule has 126 valence electrons. The minimum atomic E-state index is -0.541. The average Bonchev–Trinajstić information content (AvgIpc) is 3.07. The van der Waals surface area contributed by atoms with Crippen molar-refractivity contribution in [1.82, 2.24) is 30.1 Å². The normalized spacial score (nSPS) is 17.6. The van der Waals surface area contributed by atoms with E-state index in [0.29, 0.717) is 31.1 Å². The Kier molecular flexibility index (Phi) is 4.47. The lowest BCUT2D eigenvalue weighted by Gasteiger charge is -2.31. The number of aromatic nitrogens is 5. The highest BCUT2D eigenvalue weighted by molar-refractivity contribution is 5.97. The Bertz CT molecular complexity index is 761. The number of hydrogen-bond donors (Lipinski definition) is 0. The first-order valence-corrected chi connectivity index (χ1v) is 7.26. The SMILES string of the molecule is COC(=O)c1cncc(C(=O)N2CCOC(c3nnn(C)n3)C2)c1. The van der Waals surface area contributed by atoms with Crippen LogP contribution in [0.15, 0.2) is 18.5 Å². The topological polar surface area (TPSA) is 112 Å². The van der Waals surface area contributed by atoms with Gasteiger partial charge in [0.2, 0.25) is 5.82 Å². The summed E-state index contributed by atoms with van der Waals surface area (Å²) in [5.41, 5.74) is 0.536. The number of tetrazole rings is 1. The first-order valence-electron chi connectivity index (χ1n) is 7.26. The predicted molar refractivity (Wildman–Crippen MR) is 79.0 cm³/mol. The van der Waals surface area contributed by atoms with Crippen molar-refractivity contribution in [3.8, 4) is 0 Å². The van der Waals surface area contributed by atoms with Crippen LogP contribution in [0.5, 0.6) is 0 Å². The number of ether oxygens (including phenoxy) is 2. The van der Waals surface area contributed by atoms with Crippen molar-refractivity contribution in [3.63, 3.8) is 0 Å². The number of carbonyl (C=O) groups excluding carboxylic acids is 2. The van der Waals surface area contributed by atoms with Gasteiger partial charge in [-0.1, -0.05) is 0 Å².